The van der Waals surface area contributed by atoms with Crippen molar-refractivity contribution in [1.29, 1.82) is 0 Å². The molecule has 31 heavy (non-hydrogen) atoms. The van der Waals surface area contributed by atoms with E-state index < -0.39 is 17.7 Å². The van der Waals surface area contributed by atoms with Gasteiger partial charge in [0.15, 0.2) is 5.69 Å². The first-order valence-electron chi connectivity index (χ1n) is 8.95. The van der Waals surface area contributed by atoms with Crippen LogP contribution in [0.3, 0.4) is 0 Å². The number of amides is 1. The number of para-hydroxylation sites is 2. The average Bonchev–Trinajstić information content (AvgIpc) is 2.75. The summed E-state index contributed by atoms with van der Waals surface area (Å²) >= 11 is 6.04. The molecule has 7 nitrogen and oxygen atoms in total. The van der Waals surface area contributed by atoms with E-state index in [0.29, 0.717) is 16.7 Å². The van der Waals surface area contributed by atoms with Gasteiger partial charge in [-0.2, -0.15) is 0 Å². The standard InChI is InChI=1S/C22H13ClFN3O4/c23-15-11-13(24)7-10-18(15)31-21-19(26-16-3-1-2-4-17(16)27-21)20(28)25-14-8-5-12(6-9-14)22(29)30/h1-11H,(H,25,28)(H,29,30). The minimum atomic E-state index is -1.08. The number of carboxylic acids is 1. The predicted octanol–water partition coefficient (Wildman–Crippen LogP) is 5.17. The summed E-state index contributed by atoms with van der Waals surface area (Å²) in [6, 6.07) is 16.1. The van der Waals surface area contributed by atoms with Crippen molar-refractivity contribution >= 4 is 40.2 Å². The van der Waals surface area contributed by atoms with E-state index in [1.807, 2.05) is 0 Å². The van der Waals surface area contributed by atoms with Crippen LogP contribution in [-0.2, 0) is 0 Å². The number of rotatable bonds is 5. The van der Waals surface area contributed by atoms with Crippen LogP contribution >= 0.6 is 11.6 Å². The molecule has 0 spiro atoms. The molecule has 154 valence electrons. The molecule has 0 fully saturated rings. The lowest BCUT2D eigenvalue weighted by atomic mass is 10.2. The van der Waals surface area contributed by atoms with Crippen LogP contribution in [0.4, 0.5) is 10.1 Å². The minimum Gasteiger partial charge on any atom is -0.478 e. The van der Waals surface area contributed by atoms with Crippen molar-refractivity contribution in [2.45, 2.75) is 0 Å². The molecule has 0 atom stereocenters. The van der Waals surface area contributed by atoms with Crippen LogP contribution in [0.25, 0.3) is 11.0 Å². The Morgan fingerprint density at radius 1 is 0.968 bits per heavy atom. The van der Waals surface area contributed by atoms with Gasteiger partial charge in [-0.25, -0.2) is 19.2 Å². The highest BCUT2D eigenvalue weighted by Crippen LogP contribution is 2.31. The van der Waals surface area contributed by atoms with Crippen molar-refractivity contribution in [3.05, 3.63) is 88.8 Å². The Bertz CT molecular complexity index is 1310. The van der Waals surface area contributed by atoms with Crippen LogP contribution in [0.1, 0.15) is 20.8 Å². The molecule has 9 heteroatoms. The first-order chi connectivity index (χ1) is 14.9. The number of ether oxygens (including phenoxy) is 1. The molecule has 0 aliphatic carbocycles. The summed E-state index contributed by atoms with van der Waals surface area (Å²) in [5, 5.41) is 11.6. The Hall–Kier alpha value is -4.04. The molecular weight excluding hydrogens is 425 g/mol. The molecule has 0 saturated carbocycles. The van der Waals surface area contributed by atoms with Crippen molar-refractivity contribution < 1.29 is 23.8 Å². The normalized spacial score (nSPS) is 10.6. The maximum atomic E-state index is 13.4. The molecule has 2 N–H and O–H groups in total. The van der Waals surface area contributed by atoms with E-state index in [2.05, 4.69) is 15.3 Å². The van der Waals surface area contributed by atoms with Gasteiger partial charge in [0, 0.05) is 5.69 Å². The molecule has 4 rings (SSSR count). The molecule has 4 aromatic rings. The SMILES string of the molecule is O=C(O)c1ccc(NC(=O)c2nc3ccccc3nc2Oc2ccc(F)cc2Cl)cc1. The van der Waals surface area contributed by atoms with Gasteiger partial charge in [0.2, 0.25) is 0 Å². The Balaban J connectivity index is 1.71. The smallest absolute Gasteiger partial charge is 0.335 e. The number of anilines is 1. The van der Waals surface area contributed by atoms with E-state index in [1.54, 1.807) is 24.3 Å². The predicted molar refractivity (Wildman–Crippen MR) is 112 cm³/mol. The van der Waals surface area contributed by atoms with Crippen molar-refractivity contribution in [1.82, 2.24) is 9.97 Å². The second kappa shape index (κ2) is 8.37. The van der Waals surface area contributed by atoms with E-state index in [9.17, 15) is 14.0 Å². The molecule has 0 bridgehead atoms. The van der Waals surface area contributed by atoms with Crippen molar-refractivity contribution in [2.24, 2.45) is 0 Å². The van der Waals surface area contributed by atoms with Crippen LogP contribution in [0.15, 0.2) is 66.7 Å². The second-order valence-corrected chi connectivity index (χ2v) is 6.79. The molecular formula is C22H13ClFN3O4. The molecule has 1 heterocycles. The molecule has 1 amide bonds. The highest BCUT2D eigenvalue weighted by Gasteiger charge is 2.20. The van der Waals surface area contributed by atoms with Gasteiger partial charge >= 0.3 is 5.97 Å². The van der Waals surface area contributed by atoms with Gasteiger partial charge in [0.1, 0.15) is 11.6 Å². The zero-order chi connectivity index (χ0) is 22.0. The van der Waals surface area contributed by atoms with Crippen molar-refractivity contribution in [2.75, 3.05) is 5.32 Å². The molecule has 0 aliphatic rings. The van der Waals surface area contributed by atoms with E-state index >= 15 is 0 Å². The fraction of sp³-hybridized carbons (Fsp3) is 0. The summed E-state index contributed by atoms with van der Waals surface area (Å²) in [4.78, 5) is 32.6. The summed E-state index contributed by atoms with van der Waals surface area (Å²) in [6.07, 6.45) is 0. The average molecular weight is 438 g/mol. The Morgan fingerprint density at radius 3 is 2.29 bits per heavy atom. The van der Waals surface area contributed by atoms with Gasteiger partial charge in [-0.05, 0) is 54.6 Å². The van der Waals surface area contributed by atoms with Gasteiger partial charge in [-0.15, -0.1) is 0 Å². The number of nitrogens with zero attached hydrogens (tertiary/aromatic N) is 2. The number of carbonyl (C=O) groups excluding carboxylic acids is 1. The van der Waals surface area contributed by atoms with Crippen molar-refractivity contribution in [3.63, 3.8) is 0 Å². The number of aromatic carboxylic acids is 1. The number of carbonyl (C=O) groups is 2. The number of hydrogen-bond acceptors (Lipinski definition) is 5. The van der Waals surface area contributed by atoms with E-state index in [0.717, 1.165) is 6.07 Å². The largest absolute Gasteiger partial charge is 0.478 e. The number of halogens is 2. The van der Waals surface area contributed by atoms with E-state index in [1.165, 1.54) is 36.4 Å². The second-order valence-electron chi connectivity index (χ2n) is 6.38. The Kier molecular flexibility index (Phi) is 5.46. The quantitative estimate of drug-likeness (QED) is 0.447. The van der Waals surface area contributed by atoms with Crippen LogP contribution in [-0.4, -0.2) is 27.0 Å². The van der Waals surface area contributed by atoms with Crippen LogP contribution in [0, 0.1) is 5.82 Å². The minimum absolute atomic E-state index is 0.00516. The highest BCUT2D eigenvalue weighted by molar-refractivity contribution is 6.32. The number of aromatic nitrogens is 2. The Labute approximate surface area is 180 Å². The van der Waals surface area contributed by atoms with Crippen LogP contribution in [0.2, 0.25) is 5.02 Å². The zero-order valence-corrected chi connectivity index (χ0v) is 16.4. The summed E-state index contributed by atoms with van der Waals surface area (Å²) in [6.45, 7) is 0. The van der Waals surface area contributed by atoms with E-state index in [-0.39, 0.29) is 27.9 Å². The summed E-state index contributed by atoms with van der Waals surface area (Å²) in [5.74, 6) is -2.26. The fourth-order valence-electron chi connectivity index (χ4n) is 2.75. The third-order valence-corrected chi connectivity index (χ3v) is 4.54. The fourth-order valence-corrected chi connectivity index (χ4v) is 2.96. The summed E-state index contributed by atoms with van der Waals surface area (Å²) < 4.78 is 19.1. The van der Waals surface area contributed by atoms with E-state index in [4.69, 9.17) is 21.4 Å². The molecule has 1 aromatic heterocycles. The van der Waals surface area contributed by atoms with Gasteiger partial charge in [0.25, 0.3) is 11.8 Å². The van der Waals surface area contributed by atoms with Gasteiger partial charge in [0.05, 0.1) is 21.6 Å². The molecule has 0 unspecified atom stereocenters. The lowest BCUT2D eigenvalue weighted by Crippen LogP contribution is -2.16. The molecule has 0 saturated heterocycles. The zero-order valence-electron chi connectivity index (χ0n) is 15.7. The third-order valence-electron chi connectivity index (χ3n) is 4.24. The maximum absolute atomic E-state index is 13.4. The lowest BCUT2D eigenvalue weighted by Gasteiger charge is -2.12. The molecule has 0 aliphatic heterocycles. The molecule has 0 radical (unpaired) electrons. The molecule has 3 aromatic carbocycles. The Morgan fingerprint density at radius 2 is 1.65 bits per heavy atom. The van der Waals surface area contributed by atoms with Crippen LogP contribution in [0.5, 0.6) is 11.6 Å². The number of carboxylic acid groups (broad SMARTS) is 1. The number of nitrogens with one attached hydrogen (secondary N) is 1. The van der Waals surface area contributed by atoms with Gasteiger partial charge in [-0.3, -0.25) is 4.79 Å². The van der Waals surface area contributed by atoms with Crippen molar-refractivity contribution in [3.8, 4) is 11.6 Å². The lowest BCUT2D eigenvalue weighted by molar-refractivity contribution is 0.0696. The maximum Gasteiger partial charge on any atom is 0.335 e. The topological polar surface area (TPSA) is 101 Å². The first kappa shape index (κ1) is 20.2. The number of fused-ring (bicyclic) bond motifs is 1. The number of benzene rings is 3. The van der Waals surface area contributed by atoms with Gasteiger partial charge < -0.3 is 15.2 Å². The van der Waals surface area contributed by atoms with Crippen LogP contribution < -0.4 is 10.1 Å². The summed E-state index contributed by atoms with van der Waals surface area (Å²) in [7, 11) is 0. The highest BCUT2D eigenvalue weighted by atomic mass is 35.5. The first-order valence-corrected chi connectivity index (χ1v) is 9.33. The monoisotopic (exact) mass is 437 g/mol. The van der Waals surface area contributed by atoms with Gasteiger partial charge in [-0.1, -0.05) is 23.7 Å². The third kappa shape index (κ3) is 4.44. The number of hydrogen-bond donors (Lipinski definition) is 2. The summed E-state index contributed by atoms with van der Waals surface area (Å²) in [5.41, 5.74) is 1.26.